The molecule has 0 bridgehead atoms. The van der Waals surface area contributed by atoms with Gasteiger partial charge >= 0.3 is 0 Å². The van der Waals surface area contributed by atoms with E-state index in [0.717, 1.165) is 38.6 Å². The van der Waals surface area contributed by atoms with Crippen LogP contribution < -0.4 is 0 Å². The van der Waals surface area contributed by atoms with Crippen molar-refractivity contribution >= 4 is 50.0 Å². The van der Waals surface area contributed by atoms with E-state index in [0.29, 0.717) is 0 Å². The maximum Gasteiger partial charge on any atom is 0.136 e. The number of hydrogen-bond donors (Lipinski definition) is 0. The van der Waals surface area contributed by atoms with Gasteiger partial charge in [-0.3, -0.25) is 0 Å². The summed E-state index contributed by atoms with van der Waals surface area (Å²) in [5.74, 6) is 0. The van der Waals surface area contributed by atoms with Crippen LogP contribution in [0.3, 0.4) is 0 Å². The number of para-hydroxylation sites is 1. The predicted molar refractivity (Wildman–Crippen MR) is 213 cm³/mol. The summed E-state index contributed by atoms with van der Waals surface area (Å²) < 4.78 is 6.21. The Hall–Kier alpha value is -6.09. The summed E-state index contributed by atoms with van der Waals surface area (Å²) in [6, 6.07) is 62.2. The molecule has 238 valence electrons. The highest BCUT2D eigenvalue weighted by Crippen LogP contribution is 2.64. The average molecular weight is 667 g/mol. The van der Waals surface area contributed by atoms with E-state index in [-0.39, 0.29) is 0 Å². The van der Waals surface area contributed by atoms with Crippen LogP contribution in [0.5, 0.6) is 0 Å². The molecule has 0 saturated carbocycles. The van der Waals surface area contributed by atoms with E-state index in [4.69, 9.17) is 4.42 Å². The van der Waals surface area contributed by atoms with Crippen molar-refractivity contribution in [3.8, 4) is 22.3 Å². The first-order valence-electron chi connectivity index (χ1n) is 17.4. The molecule has 2 aliphatic rings. The van der Waals surface area contributed by atoms with Crippen LogP contribution in [0.15, 0.2) is 191 Å². The molecule has 1 nitrogen and oxygen atoms in total. The quantitative estimate of drug-likeness (QED) is 0.186. The summed E-state index contributed by atoms with van der Waals surface area (Å²) in [7, 11) is 0. The summed E-state index contributed by atoms with van der Waals surface area (Å²) in [5.41, 5.74) is 15.0. The number of hydrogen-bond acceptors (Lipinski definition) is 2. The van der Waals surface area contributed by atoms with Crippen LogP contribution in [0, 0.1) is 0 Å². The van der Waals surface area contributed by atoms with Crippen molar-refractivity contribution in [1.29, 1.82) is 0 Å². The molecule has 0 amide bonds. The zero-order valence-corrected chi connectivity index (χ0v) is 28.5. The smallest absolute Gasteiger partial charge is 0.136 e. The first-order valence-corrected chi connectivity index (χ1v) is 18.3. The first-order chi connectivity index (χ1) is 25.2. The van der Waals surface area contributed by atoms with Crippen molar-refractivity contribution < 1.29 is 4.42 Å². The lowest BCUT2D eigenvalue weighted by atomic mass is 9.67. The van der Waals surface area contributed by atoms with Gasteiger partial charge in [-0.1, -0.05) is 158 Å². The fraction of sp³-hybridized carbons (Fsp3) is 0.0204. The Morgan fingerprint density at radius 3 is 1.90 bits per heavy atom. The maximum atomic E-state index is 6.21. The molecule has 0 unspecified atom stereocenters. The SMILES string of the molecule is C=C(c1ccc(-c2cccc3c2-c2c(ccc4ccccc24)C32c3ccccc3Sc3ccccc32)cc1)c1ccc2c(c1)oc1ccccc12. The van der Waals surface area contributed by atoms with E-state index >= 15 is 0 Å². The van der Waals surface area contributed by atoms with Crippen molar-refractivity contribution in [2.24, 2.45) is 0 Å². The summed E-state index contributed by atoms with van der Waals surface area (Å²) in [4.78, 5) is 2.63. The molecule has 0 saturated heterocycles. The highest BCUT2D eigenvalue weighted by Gasteiger charge is 2.51. The molecule has 1 aliphatic heterocycles. The number of rotatable bonds is 3. The van der Waals surface area contributed by atoms with Gasteiger partial charge in [-0.2, -0.15) is 0 Å². The zero-order chi connectivity index (χ0) is 33.7. The molecule has 0 atom stereocenters. The van der Waals surface area contributed by atoms with E-state index < -0.39 is 5.41 Å². The number of fused-ring (bicyclic) bond motifs is 14. The lowest BCUT2D eigenvalue weighted by Gasteiger charge is -2.39. The Bertz CT molecular complexity index is 2860. The summed E-state index contributed by atoms with van der Waals surface area (Å²) in [6.07, 6.45) is 0. The van der Waals surface area contributed by atoms with Crippen LogP contribution in [0.4, 0.5) is 0 Å². The van der Waals surface area contributed by atoms with Gasteiger partial charge in [0.1, 0.15) is 11.2 Å². The second-order valence-corrected chi connectivity index (χ2v) is 14.7. The van der Waals surface area contributed by atoms with Gasteiger partial charge in [-0.15, -0.1) is 0 Å². The van der Waals surface area contributed by atoms with Crippen LogP contribution in [-0.2, 0) is 5.41 Å². The highest BCUT2D eigenvalue weighted by atomic mass is 32.2. The Morgan fingerprint density at radius 2 is 1.10 bits per heavy atom. The zero-order valence-electron chi connectivity index (χ0n) is 27.7. The van der Waals surface area contributed by atoms with E-state index in [1.54, 1.807) is 0 Å². The Morgan fingerprint density at radius 1 is 0.471 bits per heavy atom. The average Bonchev–Trinajstić information content (AvgIpc) is 3.71. The van der Waals surface area contributed by atoms with Crippen LogP contribution in [0.25, 0.3) is 60.5 Å². The molecule has 1 aliphatic carbocycles. The molecule has 0 fully saturated rings. The fourth-order valence-electron chi connectivity index (χ4n) is 8.88. The van der Waals surface area contributed by atoms with E-state index in [1.807, 2.05) is 23.9 Å². The molecule has 8 aromatic carbocycles. The molecule has 11 rings (SSSR count). The van der Waals surface area contributed by atoms with Crippen molar-refractivity contribution in [2.75, 3.05) is 0 Å². The van der Waals surface area contributed by atoms with Gasteiger partial charge in [-0.05, 0) is 102 Å². The highest BCUT2D eigenvalue weighted by molar-refractivity contribution is 7.99. The Balaban J connectivity index is 1.10. The summed E-state index contributed by atoms with van der Waals surface area (Å²) in [5, 5.41) is 4.82. The normalized spacial score (nSPS) is 13.6. The van der Waals surface area contributed by atoms with Gasteiger partial charge in [0.05, 0.1) is 5.41 Å². The molecule has 0 N–H and O–H groups in total. The van der Waals surface area contributed by atoms with Crippen molar-refractivity contribution in [2.45, 2.75) is 15.2 Å². The minimum atomic E-state index is -0.424. The topological polar surface area (TPSA) is 13.1 Å². The van der Waals surface area contributed by atoms with Gasteiger partial charge < -0.3 is 4.42 Å². The summed E-state index contributed by atoms with van der Waals surface area (Å²) >= 11 is 1.89. The summed E-state index contributed by atoms with van der Waals surface area (Å²) in [6.45, 7) is 4.54. The third-order valence-electron chi connectivity index (χ3n) is 11.1. The maximum absolute atomic E-state index is 6.21. The lowest BCUT2D eigenvalue weighted by molar-refractivity contribution is 0.669. The molecule has 1 aromatic heterocycles. The van der Waals surface area contributed by atoms with Crippen molar-refractivity contribution in [1.82, 2.24) is 0 Å². The van der Waals surface area contributed by atoms with Crippen molar-refractivity contribution in [3.05, 3.63) is 210 Å². The molecule has 2 heteroatoms. The minimum Gasteiger partial charge on any atom is -0.456 e. The van der Waals surface area contributed by atoms with Crippen LogP contribution in [0.2, 0.25) is 0 Å². The molecule has 1 spiro atoms. The fourth-order valence-corrected chi connectivity index (χ4v) is 10.1. The van der Waals surface area contributed by atoms with E-state index in [2.05, 4.69) is 164 Å². The third kappa shape index (κ3) is 3.94. The van der Waals surface area contributed by atoms with Gasteiger partial charge in [-0.25, -0.2) is 0 Å². The van der Waals surface area contributed by atoms with Crippen LogP contribution in [0.1, 0.15) is 33.4 Å². The minimum absolute atomic E-state index is 0.424. The molecule has 2 heterocycles. The largest absolute Gasteiger partial charge is 0.456 e. The third-order valence-corrected chi connectivity index (χ3v) is 12.3. The number of benzene rings is 8. The Labute approximate surface area is 300 Å². The monoisotopic (exact) mass is 666 g/mol. The van der Waals surface area contributed by atoms with Gasteiger partial charge in [0.25, 0.3) is 0 Å². The molecule has 51 heavy (non-hydrogen) atoms. The van der Waals surface area contributed by atoms with Crippen LogP contribution in [-0.4, -0.2) is 0 Å². The van der Waals surface area contributed by atoms with Gasteiger partial charge in [0.2, 0.25) is 0 Å². The molecule has 0 radical (unpaired) electrons. The first kappa shape index (κ1) is 28.7. The predicted octanol–water partition coefficient (Wildman–Crippen LogP) is 13.3. The Kier molecular flexibility index (Phi) is 6.03. The van der Waals surface area contributed by atoms with Crippen LogP contribution >= 0.6 is 11.8 Å². The standard InChI is InChI=1S/C49H30OS/c1-30(34-25-27-38-37-13-4-7-18-43(37)50-44(38)29-34)31-21-23-33(24-22-31)36-14-10-17-41-47(36)48-35-12-3-2-11-32(35)26-28-42(48)49(41)39-15-5-8-19-45(39)51-46-20-9-6-16-40(46)49/h2-29H,1H2. The second-order valence-electron chi connectivity index (χ2n) is 13.6. The lowest BCUT2D eigenvalue weighted by Crippen LogP contribution is -2.31. The van der Waals surface area contributed by atoms with Gasteiger partial charge in [0, 0.05) is 20.6 Å². The molecular formula is C49H30OS. The molecule has 9 aromatic rings. The number of furan rings is 1. The van der Waals surface area contributed by atoms with Gasteiger partial charge in [0.15, 0.2) is 0 Å². The van der Waals surface area contributed by atoms with E-state index in [9.17, 15) is 0 Å². The second kappa shape index (κ2) is 10.7. The van der Waals surface area contributed by atoms with Crippen molar-refractivity contribution in [3.63, 3.8) is 0 Å². The van der Waals surface area contributed by atoms with E-state index in [1.165, 1.54) is 65.1 Å². The molecular weight excluding hydrogens is 637 g/mol.